The van der Waals surface area contributed by atoms with Crippen molar-refractivity contribution in [3.63, 3.8) is 0 Å². The molecule has 0 aromatic rings. The SMILES string of the molecule is CC1(C)CCC(NC2CCS(=O)CC2)C1. The molecule has 2 fully saturated rings. The maximum Gasteiger partial charge on any atom is 0.0249 e. The highest BCUT2D eigenvalue weighted by Gasteiger charge is 2.32. The molecule has 2 aliphatic rings. The van der Waals surface area contributed by atoms with E-state index in [1.165, 1.54) is 19.3 Å². The van der Waals surface area contributed by atoms with Gasteiger partial charge < -0.3 is 5.32 Å². The summed E-state index contributed by atoms with van der Waals surface area (Å²) in [5.41, 5.74) is 0.537. The van der Waals surface area contributed by atoms with E-state index < -0.39 is 10.8 Å². The average molecular weight is 229 g/mol. The lowest BCUT2D eigenvalue weighted by Crippen LogP contribution is -2.41. The van der Waals surface area contributed by atoms with Gasteiger partial charge in [0.05, 0.1) is 0 Å². The maximum absolute atomic E-state index is 11.2. The van der Waals surface area contributed by atoms with Crippen LogP contribution in [0.15, 0.2) is 0 Å². The predicted octanol–water partition coefficient (Wildman–Crippen LogP) is 2.07. The van der Waals surface area contributed by atoms with Gasteiger partial charge in [-0.25, -0.2) is 0 Å². The standard InChI is InChI=1S/C12H23NOS/c1-12(2)6-3-11(9-12)13-10-4-7-15(14)8-5-10/h10-11,13H,3-9H2,1-2H3. The van der Waals surface area contributed by atoms with Crippen LogP contribution in [0.1, 0.15) is 46.0 Å². The Bertz CT molecular complexity index is 242. The first-order valence-corrected chi connectivity index (χ1v) is 7.65. The van der Waals surface area contributed by atoms with E-state index in [1.54, 1.807) is 0 Å². The zero-order valence-corrected chi connectivity index (χ0v) is 10.7. The minimum atomic E-state index is -0.519. The molecule has 3 heteroatoms. The van der Waals surface area contributed by atoms with Crippen LogP contribution in [0, 0.1) is 5.41 Å². The molecule has 1 unspecified atom stereocenters. The highest BCUT2D eigenvalue weighted by Crippen LogP contribution is 2.37. The van der Waals surface area contributed by atoms with Gasteiger partial charge in [0.25, 0.3) is 0 Å². The lowest BCUT2D eigenvalue weighted by Gasteiger charge is -2.27. The second kappa shape index (κ2) is 4.54. The van der Waals surface area contributed by atoms with Gasteiger partial charge in [-0.3, -0.25) is 4.21 Å². The second-order valence-electron chi connectivity index (χ2n) is 5.89. The predicted molar refractivity (Wildman–Crippen MR) is 65.5 cm³/mol. The minimum Gasteiger partial charge on any atom is -0.311 e. The largest absolute Gasteiger partial charge is 0.311 e. The molecule has 0 aromatic carbocycles. The quantitative estimate of drug-likeness (QED) is 0.785. The van der Waals surface area contributed by atoms with Crippen molar-refractivity contribution in [3.8, 4) is 0 Å². The Hall–Kier alpha value is 0.110. The highest BCUT2D eigenvalue weighted by molar-refractivity contribution is 7.85. The molecule has 1 N–H and O–H groups in total. The Kier molecular flexibility index (Phi) is 3.51. The van der Waals surface area contributed by atoms with Crippen molar-refractivity contribution in [1.82, 2.24) is 5.32 Å². The van der Waals surface area contributed by atoms with E-state index in [0.717, 1.165) is 30.4 Å². The van der Waals surface area contributed by atoms with Crippen molar-refractivity contribution in [2.75, 3.05) is 11.5 Å². The summed E-state index contributed by atoms with van der Waals surface area (Å²) >= 11 is 0. The molecule has 0 spiro atoms. The van der Waals surface area contributed by atoms with Crippen molar-refractivity contribution in [1.29, 1.82) is 0 Å². The van der Waals surface area contributed by atoms with Crippen LogP contribution in [0.4, 0.5) is 0 Å². The Balaban J connectivity index is 1.76. The van der Waals surface area contributed by atoms with Crippen LogP contribution < -0.4 is 5.32 Å². The summed E-state index contributed by atoms with van der Waals surface area (Å²) < 4.78 is 11.2. The third-order valence-corrected chi connectivity index (χ3v) is 5.21. The molecular formula is C12H23NOS. The first-order chi connectivity index (χ1) is 7.05. The molecule has 0 radical (unpaired) electrons. The molecule has 1 saturated heterocycles. The van der Waals surface area contributed by atoms with Gasteiger partial charge in [0.15, 0.2) is 0 Å². The molecule has 1 saturated carbocycles. The monoisotopic (exact) mass is 229 g/mol. The molecular weight excluding hydrogens is 206 g/mol. The topological polar surface area (TPSA) is 29.1 Å². The Morgan fingerprint density at radius 2 is 1.80 bits per heavy atom. The van der Waals surface area contributed by atoms with Crippen LogP contribution in [0.3, 0.4) is 0 Å². The fourth-order valence-electron chi connectivity index (χ4n) is 2.87. The lowest BCUT2D eigenvalue weighted by atomic mass is 9.91. The number of nitrogens with one attached hydrogen (secondary N) is 1. The van der Waals surface area contributed by atoms with Crippen molar-refractivity contribution in [2.45, 2.75) is 58.0 Å². The molecule has 2 rings (SSSR count). The normalized spacial score (nSPS) is 40.5. The highest BCUT2D eigenvalue weighted by atomic mass is 32.2. The van der Waals surface area contributed by atoms with Crippen molar-refractivity contribution in [3.05, 3.63) is 0 Å². The van der Waals surface area contributed by atoms with Gasteiger partial charge in [-0.2, -0.15) is 0 Å². The van der Waals surface area contributed by atoms with Crippen molar-refractivity contribution in [2.24, 2.45) is 5.41 Å². The van der Waals surface area contributed by atoms with E-state index in [4.69, 9.17) is 0 Å². The molecule has 15 heavy (non-hydrogen) atoms. The molecule has 1 aliphatic heterocycles. The van der Waals surface area contributed by atoms with E-state index in [9.17, 15) is 4.21 Å². The van der Waals surface area contributed by atoms with Crippen LogP contribution in [0.2, 0.25) is 0 Å². The van der Waals surface area contributed by atoms with E-state index in [2.05, 4.69) is 19.2 Å². The summed E-state index contributed by atoms with van der Waals surface area (Å²) in [4.78, 5) is 0. The Morgan fingerprint density at radius 1 is 1.13 bits per heavy atom. The van der Waals surface area contributed by atoms with Crippen LogP contribution in [0.5, 0.6) is 0 Å². The number of rotatable bonds is 2. The molecule has 2 nitrogen and oxygen atoms in total. The lowest BCUT2D eigenvalue weighted by molar-refractivity contribution is 0.345. The van der Waals surface area contributed by atoms with Crippen LogP contribution in [0.25, 0.3) is 0 Å². The van der Waals surface area contributed by atoms with E-state index in [-0.39, 0.29) is 0 Å². The van der Waals surface area contributed by atoms with E-state index >= 15 is 0 Å². The summed E-state index contributed by atoms with van der Waals surface area (Å²) in [5.74, 6) is 1.82. The molecule has 1 atom stereocenters. The van der Waals surface area contributed by atoms with E-state index in [1.807, 2.05) is 0 Å². The van der Waals surface area contributed by atoms with Gasteiger partial charge >= 0.3 is 0 Å². The molecule has 0 bridgehead atoms. The molecule has 88 valence electrons. The zero-order chi connectivity index (χ0) is 10.9. The van der Waals surface area contributed by atoms with Gasteiger partial charge in [0, 0.05) is 34.4 Å². The van der Waals surface area contributed by atoms with Crippen molar-refractivity contribution >= 4 is 10.8 Å². The van der Waals surface area contributed by atoms with Gasteiger partial charge in [0.2, 0.25) is 0 Å². The summed E-state index contributed by atoms with van der Waals surface area (Å²) in [6, 6.07) is 1.36. The van der Waals surface area contributed by atoms with E-state index in [0.29, 0.717) is 11.5 Å². The molecule has 0 amide bonds. The third kappa shape index (κ3) is 3.28. The fraction of sp³-hybridized carbons (Fsp3) is 1.00. The molecule has 1 heterocycles. The maximum atomic E-state index is 11.2. The number of hydrogen-bond acceptors (Lipinski definition) is 2. The Morgan fingerprint density at radius 3 is 2.33 bits per heavy atom. The number of hydrogen-bond donors (Lipinski definition) is 1. The van der Waals surface area contributed by atoms with Crippen LogP contribution >= 0.6 is 0 Å². The second-order valence-corrected chi connectivity index (χ2v) is 7.59. The Labute approximate surface area is 95.7 Å². The minimum absolute atomic E-state index is 0.519. The fourth-order valence-corrected chi connectivity index (χ4v) is 4.17. The van der Waals surface area contributed by atoms with Crippen LogP contribution in [-0.4, -0.2) is 27.8 Å². The summed E-state index contributed by atoms with van der Waals surface area (Å²) in [6.45, 7) is 4.73. The van der Waals surface area contributed by atoms with Crippen molar-refractivity contribution < 1.29 is 4.21 Å². The zero-order valence-electron chi connectivity index (χ0n) is 9.92. The molecule has 0 aromatic heterocycles. The first kappa shape index (κ1) is 11.6. The summed E-state index contributed by atoms with van der Waals surface area (Å²) in [7, 11) is -0.519. The van der Waals surface area contributed by atoms with Gasteiger partial charge in [-0.05, 0) is 37.5 Å². The smallest absolute Gasteiger partial charge is 0.0249 e. The average Bonchev–Trinajstić information content (AvgIpc) is 2.50. The van der Waals surface area contributed by atoms with Gasteiger partial charge in [0.1, 0.15) is 0 Å². The van der Waals surface area contributed by atoms with Crippen LogP contribution in [-0.2, 0) is 10.8 Å². The molecule has 1 aliphatic carbocycles. The summed E-state index contributed by atoms with van der Waals surface area (Å²) in [6.07, 6.45) is 6.22. The van der Waals surface area contributed by atoms with Gasteiger partial charge in [-0.1, -0.05) is 13.8 Å². The first-order valence-electron chi connectivity index (χ1n) is 6.16. The summed E-state index contributed by atoms with van der Waals surface area (Å²) in [5, 5.41) is 3.76. The van der Waals surface area contributed by atoms with Gasteiger partial charge in [-0.15, -0.1) is 0 Å². The third-order valence-electron chi connectivity index (χ3n) is 3.83.